The zero-order chi connectivity index (χ0) is 18.4. The van der Waals surface area contributed by atoms with Gasteiger partial charge in [-0.2, -0.15) is 0 Å². The van der Waals surface area contributed by atoms with E-state index in [1.54, 1.807) is 24.3 Å². The number of nitrogens with zero attached hydrogens (tertiary/aromatic N) is 1. The van der Waals surface area contributed by atoms with Crippen molar-refractivity contribution >= 4 is 29.1 Å². The normalized spacial score (nSPS) is 11.3. The molecular formula is C16H14ClN3O5. The van der Waals surface area contributed by atoms with Crippen LogP contribution >= 0.6 is 11.6 Å². The Balaban J connectivity index is 1.96. The van der Waals surface area contributed by atoms with Crippen LogP contribution in [-0.2, 0) is 4.79 Å². The van der Waals surface area contributed by atoms with Gasteiger partial charge in [-0.1, -0.05) is 35.9 Å². The molecule has 25 heavy (non-hydrogen) atoms. The average molecular weight is 364 g/mol. The molecule has 0 fully saturated rings. The van der Waals surface area contributed by atoms with Crippen LogP contribution in [0.1, 0.15) is 17.3 Å². The van der Waals surface area contributed by atoms with E-state index in [-0.39, 0.29) is 11.3 Å². The molecule has 0 aliphatic heterocycles. The quantitative estimate of drug-likeness (QED) is 0.626. The molecule has 9 heteroatoms. The third-order valence-electron chi connectivity index (χ3n) is 3.15. The Kier molecular flexibility index (Phi) is 5.91. The number of hydrazine groups is 1. The van der Waals surface area contributed by atoms with E-state index in [1.165, 1.54) is 31.2 Å². The van der Waals surface area contributed by atoms with Crippen molar-refractivity contribution in [2.24, 2.45) is 0 Å². The van der Waals surface area contributed by atoms with Gasteiger partial charge in [0.25, 0.3) is 17.5 Å². The number of nitro benzene ring substituents is 1. The van der Waals surface area contributed by atoms with Crippen molar-refractivity contribution in [2.75, 3.05) is 0 Å². The molecule has 0 saturated heterocycles. The fourth-order valence-corrected chi connectivity index (χ4v) is 2.08. The van der Waals surface area contributed by atoms with Crippen LogP contribution in [0.4, 0.5) is 5.69 Å². The number of nitrogens with one attached hydrogen (secondary N) is 2. The highest BCUT2D eigenvalue weighted by Crippen LogP contribution is 2.24. The second kappa shape index (κ2) is 8.11. The summed E-state index contributed by atoms with van der Waals surface area (Å²) in [6.45, 7) is 1.47. The molecule has 0 heterocycles. The van der Waals surface area contributed by atoms with Crippen molar-refractivity contribution in [1.29, 1.82) is 0 Å². The first-order valence-corrected chi connectivity index (χ1v) is 7.52. The van der Waals surface area contributed by atoms with Crippen LogP contribution in [-0.4, -0.2) is 22.8 Å². The van der Waals surface area contributed by atoms with E-state index in [2.05, 4.69) is 10.9 Å². The molecule has 1 atom stereocenters. The minimum Gasteiger partial charge on any atom is -0.479 e. The number of amides is 2. The number of carbonyl (C=O) groups excluding carboxylic acids is 2. The lowest BCUT2D eigenvalue weighted by molar-refractivity contribution is -0.385. The Labute approximate surface area is 147 Å². The summed E-state index contributed by atoms with van der Waals surface area (Å²) >= 11 is 5.94. The van der Waals surface area contributed by atoms with E-state index in [1.807, 2.05) is 0 Å². The van der Waals surface area contributed by atoms with Crippen LogP contribution in [0, 0.1) is 10.1 Å². The molecule has 2 N–H and O–H groups in total. The second-order valence-electron chi connectivity index (χ2n) is 4.91. The third kappa shape index (κ3) is 4.67. The van der Waals surface area contributed by atoms with E-state index in [4.69, 9.17) is 16.3 Å². The number of carbonyl (C=O) groups is 2. The number of para-hydroxylation sites is 2. The van der Waals surface area contributed by atoms with Crippen LogP contribution in [0.15, 0.2) is 48.5 Å². The topological polar surface area (TPSA) is 111 Å². The van der Waals surface area contributed by atoms with Gasteiger partial charge in [0.15, 0.2) is 6.10 Å². The number of benzene rings is 2. The summed E-state index contributed by atoms with van der Waals surface area (Å²) in [5.41, 5.74) is 3.74. The summed E-state index contributed by atoms with van der Waals surface area (Å²) in [5.74, 6) is -1.14. The molecule has 0 saturated carbocycles. The van der Waals surface area contributed by atoms with Crippen LogP contribution < -0.4 is 15.6 Å². The minimum absolute atomic E-state index is 0.174. The zero-order valence-corrected chi connectivity index (χ0v) is 13.8. The van der Waals surface area contributed by atoms with Crippen LogP contribution in [0.3, 0.4) is 0 Å². The average Bonchev–Trinajstić information content (AvgIpc) is 2.61. The first-order chi connectivity index (χ1) is 11.9. The zero-order valence-electron chi connectivity index (χ0n) is 13.1. The largest absolute Gasteiger partial charge is 0.479 e. The summed E-state index contributed by atoms with van der Waals surface area (Å²) in [7, 11) is 0. The lowest BCUT2D eigenvalue weighted by Gasteiger charge is -2.15. The highest BCUT2D eigenvalue weighted by atomic mass is 35.5. The van der Waals surface area contributed by atoms with E-state index in [0.29, 0.717) is 10.8 Å². The molecule has 2 amide bonds. The number of ether oxygens (including phenoxy) is 1. The van der Waals surface area contributed by atoms with Gasteiger partial charge in [-0.25, -0.2) is 0 Å². The monoisotopic (exact) mass is 363 g/mol. The lowest BCUT2D eigenvalue weighted by atomic mass is 10.2. The van der Waals surface area contributed by atoms with Crippen LogP contribution in [0.25, 0.3) is 0 Å². The van der Waals surface area contributed by atoms with Gasteiger partial charge in [0.1, 0.15) is 11.3 Å². The van der Waals surface area contributed by atoms with Gasteiger partial charge >= 0.3 is 0 Å². The highest BCUT2D eigenvalue weighted by molar-refractivity contribution is 6.32. The van der Waals surface area contributed by atoms with E-state index >= 15 is 0 Å². The highest BCUT2D eigenvalue weighted by Gasteiger charge is 2.21. The Hall–Kier alpha value is -3.13. The molecule has 0 spiro atoms. The van der Waals surface area contributed by atoms with Crippen LogP contribution in [0.2, 0.25) is 5.02 Å². The third-order valence-corrected chi connectivity index (χ3v) is 3.47. The first kappa shape index (κ1) is 18.2. The summed E-state index contributed by atoms with van der Waals surface area (Å²) in [6, 6.07) is 12.0. The van der Waals surface area contributed by atoms with E-state index in [9.17, 15) is 19.7 Å². The van der Waals surface area contributed by atoms with Gasteiger partial charge < -0.3 is 4.74 Å². The molecule has 0 aromatic heterocycles. The first-order valence-electron chi connectivity index (χ1n) is 7.15. The molecular weight excluding hydrogens is 350 g/mol. The Morgan fingerprint density at radius 3 is 2.44 bits per heavy atom. The molecule has 2 aromatic carbocycles. The van der Waals surface area contributed by atoms with Crippen molar-refractivity contribution in [2.45, 2.75) is 13.0 Å². The number of hydrogen-bond donors (Lipinski definition) is 2. The van der Waals surface area contributed by atoms with Gasteiger partial charge in [-0.05, 0) is 25.1 Å². The molecule has 0 aliphatic carbocycles. The molecule has 1 unspecified atom stereocenters. The summed E-state index contributed by atoms with van der Waals surface area (Å²) < 4.78 is 5.40. The second-order valence-corrected chi connectivity index (χ2v) is 5.32. The number of rotatable bonds is 5. The van der Waals surface area contributed by atoms with Crippen molar-refractivity contribution in [3.8, 4) is 5.75 Å². The summed E-state index contributed by atoms with van der Waals surface area (Å²) in [6.07, 6.45) is -0.953. The molecule has 0 radical (unpaired) electrons. The van der Waals surface area contributed by atoms with Crippen molar-refractivity contribution < 1.29 is 19.2 Å². The van der Waals surface area contributed by atoms with Crippen molar-refractivity contribution in [3.05, 3.63) is 69.2 Å². The van der Waals surface area contributed by atoms with Gasteiger partial charge in [0.2, 0.25) is 0 Å². The maximum Gasteiger partial charge on any atom is 0.282 e. The molecule has 2 aromatic rings. The minimum atomic E-state index is -0.953. The smallest absolute Gasteiger partial charge is 0.282 e. The van der Waals surface area contributed by atoms with E-state index in [0.717, 1.165) is 0 Å². The summed E-state index contributed by atoms with van der Waals surface area (Å²) in [5, 5.41) is 11.3. The van der Waals surface area contributed by atoms with Gasteiger partial charge in [0.05, 0.1) is 9.95 Å². The molecule has 0 bridgehead atoms. The molecule has 8 nitrogen and oxygen atoms in total. The summed E-state index contributed by atoms with van der Waals surface area (Å²) in [4.78, 5) is 34.2. The predicted octanol–water partition coefficient (Wildman–Crippen LogP) is 2.48. The Morgan fingerprint density at radius 2 is 1.76 bits per heavy atom. The fraction of sp³-hybridized carbons (Fsp3) is 0.125. The maximum atomic E-state index is 12.0. The van der Waals surface area contributed by atoms with Gasteiger partial charge in [-0.15, -0.1) is 0 Å². The predicted molar refractivity (Wildman–Crippen MR) is 90.2 cm³/mol. The SMILES string of the molecule is CC(Oc1ccccc1Cl)C(=O)NNC(=O)c1ccccc1[N+](=O)[O-]. The molecule has 2 rings (SSSR count). The van der Waals surface area contributed by atoms with E-state index < -0.39 is 22.8 Å². The van der Waals surface area contributed by atoms with Gasteiger partial charge in [-0.3, -0.25) is 30.6 Å². The standard InChI is InChI=1S/C16H14ClN3O5/c1-10(25-14-9-5-3-7-12(14)17)15(21)18-19-16(22)11-6-2-4-8-13(11)20(23)24/h2-10H,1H3,(H,18,21)(H,19,22). The number of hydrogen-bond acceptors (Lipinski definition) is 5. The van der Waals surface area contributed by atoms with Crippen LogP contribution in [0.5, 0.6) is 5.75 Å². The lowest BCUT2D eigenvalue weighted by Crippen LogP contribution is -2.47. The van der Waals surface area contributed by atoms with Crippen molar-refractivity contribution in [1.82, 2.24) is 10.9 Å². The Bertz CT molecular complexity index is 812. The maximum absolute atomic E-state index is 12.0. The number of nitro groups is 1. The molecule has 130 valence electrons. The van der Waals surface area contributed by atoms with Crippen molar-refractivity contribution in [3.63, 3.8) is 0 Å². The number of halogens is 1. The Morgan fingerprint density at radius 1 is 1.12 bits per heavy atom. The molecule has 0 aliphatic rings. The van der Waals surface area contributed by atoms with Gasteiger partial charge in [0, 0.05) is 6.07 Å². The fourth-order valence-electron chi connectivity index (χ4n) is 1.90.